The number of likely N-dealkylation sites (tertiary alicyclic amines) is 1. The van der Waals surface area contributed by atoms with Crippen molar-refractivity contribution in [1.29, 1.82) is 0 Å². The highest BCUT2D eigenvalue weighted by Gasteiger charge is 2.59. The van der Waals surface area contributed by atoms with Gasteiger partial charge in [0.15, 0.2) is 5.78 Å². The molecule has 4 atom stereocenters. The average molecular weight is 637 g/mol. The summed E-state index contributed by atoms with van der Waals surface area (Å²) in [4.78, 5) is 33.5. The molecule has 1 aliphatic carbocycles. The molecule has 1 saturated heterocycles. The van der Waals surface area contributed by atoms with Crippen LogP contribution in [0.1, 0.15) is 71.6 Å². The van der Waals surface area contributed by atoms with Crippen molar-refractivity contribution in [3.63, 3.8) is 0 Å². The minimum absolute atomic E-state index is 0. The van der Waals surface area contributed by atoms with E-state index in [4.69, 9.17) is 9.47 Å². The summed E-state index contributed by atoms with van der Waals surface area (Å²) in [6.07, 6.45) is -0.208. The Hall–Kier alpha value is -3.96. The first-order valence-electron chi connectivity index (χ1n) is 15.4. The Balaban J connectivity index is 0.00000372. The predicted octanol–water partition coefficient (Wildman–Crippen LogP) is 6.69. The minimum Gasteiger partial charge on any atom is -0.489 e. The molecule has 0 unspecified atom stereocenters. The van der Waals surface area contributed by atoms with E-state index >= 15 is 0 Å². The number of nitrogens with one attached hydrogen (secondary N) is 1. The van der Waals surface area contributed by atoms with Crippen LogP contribution in [0.4, 0.5) is 19.0 Å². The number of rotatable bonds is 8. The van der Waals surface area contributed by atoms with E-state index in [9.17, 15) is 22.8 Å². The maximum atomic E-state index is 14.2. The van der Waals surface area contributed by atoms with Crippen molar-refractivity contribution in [2.45, 2.75) is 70.3 Å². The number of ether oxygens (including phenoxy) is 2. The van der Waals surface area contributed by atoms with Gasteiger partial charge in [-0.2, -0.15) is 13.2 Å². The van der Waals surface area contributed by atoms with Gasteiger partial charge in [0.05, 0.1) is 5.56 Å². The van der Waals surface area contributed by atoms with Crippen LogP contribution in [0, 0.1) is 5.92 Å². The number of aromatic nitrogens is 1. The standard InChI is InChI=1S/C34H35F3N4O4.CH4/c1-40(2)21-4-3-13-41(18-21)17-20-6-5-19(14-26(20)34(35,36)37)27(42)16-25-31-24-15-22(7-9-28(24)45-32(25)31)44-29-11-12-38-33-23(29)8-10-30(43)39-33;/h5-7,9,11-12,14-15,21,25,31-32H,3-4,8,10,13,16-18H2,1-2H3,(H,38,39,43);1H4/t21-,25-,31-,32+;/m0./s1. The second-order valence-electron chi connectivity index (χ2n) is 12.7. The average Bonchev–Trinajstić information content (AvgIpc) is 3.52. The Labute approximate surface area is 266 Å². The van der Waals surface area contributed by atoms with Gasteiger partial charge in [0, 0.05) is 66.7 Å². The quantitative estimate of drug-likeness (QED) is 0.276. The fraction of sp³-hybridized carbons (Fsp3) is 0.457. The van der Waals surface area contributed by atoms with Crippen LogP contribution in [-0.2, 0) is 23.9 Å². The number of fused-ring (bicyclic) bond motifs is 4. The molecule has 11 heteroatoms. The summed E-state index contributed by atoms with van der Waals surface area (Å²) in [7, 11) is 3.99. The van der Waals surface area contributed by atoms with E-state index in [1.54, 1.807) is 12.3 Å². The molecule has 46 heavy (non-hydrogen) atoms. The van der Waals surface area contributed by atoms with Gasteiger partial charge in [0.2, 0.25) is 5.91 Å². The van der Waals surface area contributed by atoms with E-state index in [1.165, 1.54) is 12.1 Å². The Morgan fingerprint density at radius 3 is 2.76 bits per heavy atom. The second kappa shape index (κ2) is 12.3. The van der Waals surface area contributed by atoms with Crippen molar-refractivity contribution in [3.05, 3.63) is 76.5 Å². The van der Waals surface area contributed by atoms with Gasteiger partial charge in [0.25, 0.3) is 0 Å². The van der Waals surface area contributed by atoms with Gasteiger partial charge < -0.3 is 19.7 Å². The number of anilines is 1. The third-order valence-corrected chi connectivity index (χ3v) is 9.56. The topological polar surface area (TPSA) is 84.0 Å². The smallest absolute Gasteiger partial charge is 0.416 e. The number of hydrogen-bond acceptors (Lipinski definition) is 7. The molecule has 1 aromatic heterocycles. The number of alkyl halides is 3. The van der Waals surface area contributed by atoms with E-state index in [0.717, 1.165) is 42.3 Å². The molecule has 2 aromatic carbocycles. The highest BCUT2D eigenvalue weighted by Crippen LogP contribution is 2.60. The van der Waals surface area contributed by atoms with Gasteiger partial charge in [0.1, 0.15) is 29.2 Å². The molecule has 7 rings (SSSR count). The van der Waals surface area contributed by atoms with Gasteiger partial charge >= 0.3 is 6.18 Å². The van der Waals surface area contributed by atoms with Crippen LogP contribution < -0.4 is 14.8 Å². The zero-order valence-corrected chi connectivity index (χ0v) is 25.2. The molecule has 8 nitrogen and oxygen atoms in total. The van der Waals surface area contributed by atoms with Crippen LogP contribution >= 0.6 is 0 Å². The molecule has 0 bridgehead atoms. The maximum Gasteiger partial charge on any atom is 0.416 e. The monoisotopic (exact) mass is 636 g/mol. The summed E-state index contributed by atoms with van der Waals surface area (Å²) in [5.74, 6) is 1.89. The van der Waals surface area contributed by atoms with Gasteiger partial charge in [-0.05, 0) is 75.8 Å². The molecule has 0 radical (unpaired) electrons. The van der Waals surface area contributed by atoms with E-state index in [0.29, 0.717) is 42.7 Å². The number of likely N-dealkylation sites (N-methyl/N-ethyl adjacent to an activating group) is 1. The number of benzene rings is 2. The number of nitrogens with zero attached hydrogens (tertiary/aromatic N) is 3. The summed E-state index contributed by atoms with van der Waals surface area (Å²) < 4.78 is 54.9. The number of carbonyl (C=O) groups is 2. The lowest BCUT2D eigenvalue weighted by Crippen LogP contribution is -2.44. The van der Waals surface area contributed by atoms with E-state index in [-0.39, 0.29) is 61.1 Å². The van der Waals surface area contributed by atoms with Crippen LogP contribution in [0.5, 0.6) is 17.2 Å². The number of piperidine rings is 1. The van der Waals surface area contributed by atoms with E-state index in [1.807, 2.05) is 32.3 Å². The normalized spacial score (nSPS) is 23.4. The van der Waals surface area contributed by atoms with Gasteiger partial charge in [-0.1, -0.05) is 19.6 Å². The molecule has 4 heterocycles. The summed E-state index contributed by atoms with van der Waals surface area (Å²) in [5, 5.41) is 2.77. The van der Waals surface area contributed by atoms with Crippen molar-refractivity contribution in [2.75, 3.05) is 32.5 Å². The number of hydrogen-bond donors (Lipinski definition) is 1. The fourth-order valence-corrected chi connectivity index (χ4v) is 7.06. The number of pyridine rings is 1. The fourth-order valence-electron chi connectivity index (χ4n) is 7.06. The molecule has 0 spiro atoms. The number of Topliss-reactive ketones (excluding diaryl/α,β-unsaturated/α-hetero) is 1. The van der Waals surface area contributed by atoms with Crippen LogP contribution in [0.25, 0.3) is 0 Å². The van der Waals surface area contributed by atoms with Crippen LogP contribution in [0.3, 0.4) is 0 Å². The number of ketones is 1. The lowest BCUT2D eigenvalue weighted by Gasteiger charge is -2.36. The first kappa shape index (κ1) is 32.0. The molecular formula is C35H39F3N4O4. The van der Waals surface area contributed by atoms with Crippen LogP contribution in [0.2, 0.25) is 0 Å². The number of amides is 1. The first-order valence-corrected chi connectivity index (χ1v) is 15.4. The Kier molecular flexibility index (Phi) is 8.58. The van der Waals surface area contributed by atoms with Gasteiger partial charge in [-0.15, -0.1) is 0 Å². The van der Waals surface area contributed by atoms with Crippen molar-refractivity contribution >= 4 is 17.5 Å². The molecular weight excluding hydrogens is 597 g/mol. The minimum atomic E-state index is -4.56. The summed E-state index contributed by atoms with van der Waals surface area (Å²) in [6, 6.07) is 11.7. The molecule has 2 fully saturated rings. The zero-order chi connectivity index (χ0) is 31.5. The Bertz CT molecular complexity index is 1660. The summed E-state index contributed by atoms with van der Waals surface area (Å²) >= 11 is 0. The third-order valence-electron chi connectivity index (χ3n) is 9.56. The highest BCUT2D eigenvalue weighted by atomic mass is 19.4. The van der Waals surface area contributed by atoms with Crippen LogP contribution in [-0.4, -0.2) is 65.8 Å². The van der Waals surface area contributed by atoms with Crippen molar-refractivity contribution in [3.8, 4) is 17.2 Å². The number of halogens is 3. The zero-order valence-electron chi connectivity index (χ0n) is 25.2. The second-order valence-corrected chi connectivity index (χ2v) is 12.7. The van der Waals surface area contributed by atoms with Crippen molar-refractivity contribution < 1.29 is 32.2 Å². The van der Waals surface area contributed by atoms with Crippen molar-refractivity contribution in [1.82, 2.24) is 14.8 Å². The SMILES string of the molecule is C.CN(C)[C@H]1CCCN(Cc2ccc(C(=O)C[C@@H]3[C@H]4Oc5ccc(Oc6ccnc7c6CCC(=O)N7)cc5[C@@H]34)cc2C(F)(F)F)C1. The molecule has 1 N–H and O–H groups in total. The molecule has 244 valence electrons. The van der Waals surface area contributed by atoms with Crippen LogP contribution in [0.15, 0.2) is 48.7 Å². The third kappa shape index (κ3) is 6.22. The van der Waals surface area contributed by atoms with E-state index < -0.39 is 11.7 Å². The molecule has 1 amide bonds. The van der Waals surface area contributed by atoms with Crippen molar-refractivity contribution in [2.24, 2.45) is 5.92 Å². The van der Waals surface area contributed by atoms with E-state index in [2.05, 4.69) is 20.1 Å². The largest absolute Gasteiger partial charge is 0.489 e. The molecule has 3 aliphatic heterocycles. The summed E-state index contributed by atoms with van der Waals surface area (Å²) in [6.45, 7) is 1.67. The predicted molar refractivity (Wildman–Crippen MR) is 167 cm³/mol. The summed E-state index contributed by atoms with van der Waals surface area (Å²) in [5.41, 5.74) is 1.30. The lowest BCUT2D eigenvalue weighted by molar-refractivity contribution is -0.138. The molecule has 4 aliphatic rings. The Morgan fingerprint density at radius 1 is 1.15 bits per heavy atom. The Morgan fingerprint density at radius 2 is 1.98 bits per heavy atom. The number of carbonyl (C=O) groups excluding carboxylic acids is 2. The molecule has 1 saturated carbocycles. The van der Waals surface area contributed by atoms with Gasteiger partial charge in [-0.3, -0.25) is 14.5 Å². The molecule has 3 aromatic rings. The van der Waals surface area contributed by atoms with Gasteiger partial charge in [-0.25, -0.2) is 4.98 Å². The highest BCUT2D eigenvalue weighted by molar-refractivity contribution is 5.97. The maximum absolute atomic E-state index is 14.2. The first-order chi connectivity index (χ1) is 21.5. The lowest BCUT2D eigenvalue weighted by atomic mass is 9.96.